The van der Waals surface area contributed by atoms with Gasteiger partial charge in [0.05, 0.1) is 6.04 Å². The molecule has 0 aliphatic heterocycles. The molecular formula is C20H23N3O5. The van der Waals surface area contributed by atoms with Gasteiger partial charge in [0.2, 0.25) is 11.8 Å². The van der Waals surface area contributed by atoms with E-state index < -0.39 is 36.4 Å². The van der Waals surface area contributed by atoms with Gasteiger partial charge in [0.25, 0.3) is 0 Å². The predicted octanol–water partition coefficient (Wildman–Crippen LogP) is 0.190. The summed E-state index contributed by atoms with van der Waals surface area (Å²) in [6.07, 6.45) is 0.422. The molecule has 2 atom stereocenters. The van der Waals surface area contributed by atoms with Gasteiger partial charge in [-0.15, -0.1) is 0 Å². The molecule has 0 unspecified atom stereocenters. The van der Waals surface area contributed by atoms with E-state index >= 15 is 0 Å². The van der Waals surface area contributed by atoms with Crippen molar-refractivity contribution in [3.05, 3.63) is 65.7 Å². The van der Waals surface area contributed by atoms with Crippen molar-refractivity contribution < 1.29 is 24.6 Å². The summed E-state index contributed by atoms with van der Waals surface area (Å²) in [6.45, 7) is -0.542. The van der Waals surface area contributed by atoms with Gasteiger partial charge in [0.15, 0.2) is 0 Å². The highest BCUT2D eigenvalue weighted by Gasteiger charge is 2.24. The summed E-state index contributed by atoms with van der Waals surface area (Å²) in [7, 11) is 0. The monoisotopic (exact) mass is 385 g/mol. The number of nitrogens with one attached hydrogen (secondary N) is 2. The van der Waals surface area contributed by atoms with Gasteiger partial charge in [-0.25, -0.2) is 0 Å². The molecule has 0 radical (unpaired) electrons. The van der Waals surface area contributed by atoms with Crippen LogP contribution in [0.3, 0.4) is 0 Å². The van der Waals surface area contributed by atoms with Gasteiger partial charge >= 0.3 is 5.97 Å². The van der Waals surface area contributed by atoms with E-state index in [2.05, 4.69) is 10.6 Å². The largest absolute Gasteiger partial charge is 0.508 e. The van der Waals surface area contributed by atoms with Crippen LogP contribution in [0.5, 0.6) is 5.75 Å². The van der Waals surface area contributed by atoms with Gasteiger partial charge in [0, 0.05) is 6.42 Å². The summed E-state index contributed by atoms with van der Waals surface area (Å²) >= 11 is 0. The van der Waals surface area contributed by atoms with Crippen LogP contribution in [0.4, 0.5) is 0 Å². The first kappa shape index (κ1) is 20.9. The highest BCUT2D eigenvalue weighted by Crippen LogP contribution is 2.11. The third kappa shape index (κ3) is 6.73. The van der Waals surface area contributed by atoms with Crippen LogP contribution in [-0.2, 0) is 27.2 Å². The number of rotatable bonds is 9. The number of nitrogens with two attached hydrogens (primary N) is 1. The van der Waals surface area contributed by atoms with Gasteiger partial charge < -0.3 is 26.6 Å². The lowest BCUT2D eigenvalue weighted by Gasteiger charge is -2.20. The Hall–Kier alpha value is -3.39. The molecule has 2 aromatic rings. The Morgan fingerprint density at radius 3 is 2.11 bits per heavy atom. The summed E-state index contributed by atoms with van der Waals surface area (Å²) in [4.78, 5) is 35.5. The Balaban J connectivity index is 2.04. The number of aromatic hydroxyl groups is 1. The molecule has 0 bridgehead atoms. The molecule has 0 spiro atoms. The normalized spacial score (nSPS) is 12.6. The maximum atomic E-state index is 12.5. The maximum Gasteiger partial charge on any atom is 0.322 e. The number of phenolic OH excluding ortho intramolecular Hbond substituents is 1. The van der Waals surface area contributed by atoms with E-state index in [4.69, 9.17) is 10.8 Å². The van der Waals surface area contributed by atoms with Crippen molar-refractivity contribution >= 4 is 17.8 Å². The van der Waals surface area contributed by atoms with E-state index in [-0.39, 0.29) is 18.6 Å². The van der Waals surface area contributed by atoms with Gasteiger partial charge in [0.1, 0.15) is 18.3 Å². The summed E-state index contributed by atoms with van der Waals surface area (Å²) in [5, 5.41) is 22.9. The molecule has 148 valence electrons. The minimum Gasteiger partial charge on any atom is -0.508 e. The number of hydrogen-bond acceptors (Lipinski definition) is 5. The fourth-order valence-corrected chi connectivity index (χ4v) is 2.60. The van der Waals surface area contributed by atoms with E-state index in [0.717, 1.165) is 11.1 Å². The molecule has 6 N–H and O–H groups in total. The van der Waals surface area contributed by atoms with Crippen molar-refractivity contribution in [1.82, 2.24) is 10.6 Å². The Morgan fingerprint density at radius 2 is 1.50 bits per heavy atom. The van der Waals surface area contributed by atoms with E-state index in [0.29, 0.717) is 0 Å². The zero-order valence-corrected chi connectivity index (χ0v) is 15.2. The first-order valence-electron chi connectivity index (χ1n) is 8.72. The summed E-state index contributed by atoms with van der Waals surface area (Å²) in [5.74, 6) is -2.20. The third-order valence-corrected chi connectivity index (χ3v) is 4.06. The number of carboxylic acid groups (broad SMARTS) is 1. The lowest BCUT2D eigenvalue weighted by molar-refractivity contribution is -0.138. The number of carbonyl (C=O) groups excluding carboxylic acids is 2. The number of amides is 2. The molecule has 28 heavy (non-hydrogen) atoms. The molecule has 0 aromatic heterocycles. The van der Waals surface area contributed by atoms with Crippen LogP contribution < -0.4 is 16.4 Å². The number of hydrogen-bond donors (Lipinski definition) is 5. The van der Waals surface area contributed by atoms with Crippen molar-refractivity contribution in [3.8, 4) is 5.75 Å². The molecule has 0 aliphatic rings. The molecule has 8 nitrogen and oxygen atoms in total. The minimum absolute atomic E-state index is 0.111. The smallest absolute Gasteiger partial charge is 0.322 e. The van der Waals surface area contributed by atoms with Gasteiger partial charge in [-0.1, -0.05) is 42.5 Å². The number of benzene rings is 2. The van der Waals surface area contributed by atoms with Crippen LogP contribution in [0.2, 0.25) is 0 Å². The van der Waals surface area contributed by atoms with Crippen LogP contribution >= 0.6 is 0 Å². The third-order valence-electron chi connectivity index (χ3n) is 4.06. The SMILES string of the molecule is N[C@H](Cc1ccc(O)cc1)C(=O)N[C@@H](Cc1ccccc1)C(=O)NCC(=O)O. The molecule has 8 heteroatoms. The Morgan fingerprint density at radius 1 is 0.893 bits per heavy atom. The number of carboxylic acids is 1. The fraction of sp³-hybridized carbons (Fsp3) is 0.250. The van der Waals surface area contributed by atoms with E-state index in [1.165, 1.54) is 12.1 Å². The second-order valence-corrected chi connectivity index (χ2v) is 6.34. The molecule has 0 fully saturated rings. The topological polar surface area (TPSA) is 142 Å². The van der Waals surface area contributed by atoms with Crippen LogP contribution in [0.15, 0.2) is 54.6 Å². The van der Waals surface area contributed by atoms with E-state index in [1.807, 2.05) is 6.07 Å². The zero-order valence-electron chi connectivity index (χ0n) is 15.2. The molecule has 0 saturated heterocycles. The zero-order chi connectivity index (χ0) is 20.5. The average molecular weight is 385 g/mol. The molecule has 2 aromatic carbocycles. The van der Waals surface area contributed by atoms with Crippen molar-refractivity contribution in [2.75, 3.05) is 6.54 Å². The van der Waals surface area contributed by atoms with Crippen LogP contribution in [0, 0.1) is 0 Å². The molecule has 2 rings (SSSR count). The second kappa shape index (κ2) is 10.1. The first-order valence-corrected chi connectivity index (χ1v) is 8.72. The molecule has 0 saturated carbocycles. The van der Waals surface area contributed by atoms with Crippen molar-refractivity contribution in [2.45, 2.75) is 24.9 Å². The minimum atomic E-state index is -1.18. The lowest BCUT2D eigenvalue weighted by Crippen LogP contribution is -2.53. The van der Waals surface area contributed by atoms with Crippen LogP contribution in [0.1, 0.15) is 11.1 Å². The fourth-order valence-electron chi connectivity index (χ4n) is 2.60. The predicted molar refractivity (Wildman–Crippen MR) is 103 cm³/mol. The second-order valence-electron chi connectivity index (χ2n) is 6.34. The number of phenols is 1. The Bertz CT molecular complexity index is 808. The van der Waals surface area contributed by atoms with E-state index in [9.17, 15) is 19.5 Å². The van der Waals surface area contributed by atoms with Gasteiger partial charge in [-0.3, -0.25) is 14.4 Å². The van der Waals surface area contributed by atoms with Gasteiger partial charge in [-0.05, 0) is 29.7 Å². The van der Waals surface area contributed by atoms with Crippen LogP contribution in [0.25, 0.3) is 0 Å². The van der Waals surface area contributed by atoms with Crippen LogP contribution in [-0.4, -0.2) is 46.6 Å². The first-order chi connectivity index (χ1) is 13.3. The standard InChI is InChI=1S/C20H23N3O5/c21-16(10-14-6-8-15(24)9-7-14)19(27)23-17(20(28)22-12-18(25)26)11-13-4-2-1-3-5-13/h1-9,16-17,24H,10-12,21H2,(H,22,28)(H,23,27)(H,25,26)/t16-,17+/m1/s1. The van der Waals surface area contributed by atoms with Crippen molar-refractivity contribution in [2.24, 2.45) is 5.73 Å². The Labute approximate surface area is 162 Å². The maximum absolute atomic E-state index is 12.5. The molecule has 0 aliphatic carbocycles. The highest BCUT2D eigenvalue weighted by molar-refractivity contribution is 5.91. The number of aliphatic carboxylic acids is 1. The highest BCUT2D eigenvalue weighted by atomic mass is 16.4. The quantitative estimate of drug-likeness (QED) is 0.417. The van der Waals surface area contributed by atoms with Crippen molar-refractivity contribution in [3.63, 3.8) is 0 Å². The van der Waals surface area contributed by atoms with Crippen molar-refractivity contribution in [1.29, 1.82) is 0 Å². The summed E-state index contributed by atoms with van der Waals surface area (Å²) in [5.41, 5.74) is 7.52. The number of carbonyl (C=O) groups is 3. The molecular weight excluding hydrogens is 362 g/mol. The van der Waals surface area contributed by atoms with Gasteiger partial charge in [-0.2, -0.15) is 0 Å². The summed E-state index contributed by atoms with van der Waals surface area (Å²) in [6, 6.07) is 13.5. The molecule has 0 heterocycles. The summed E-state index contributed by atoms with van der Waals surface area (Å²) < 4.78 is 0. The van der Waals surface area contributed by atoms with E-state index in [1.54, 1.807) is 36.4 Å². The molecule has 2 amide bonds. The Kier molecular flexibility index (Phi) is 7.53. The average Bonchev–Trinajstić information content (AvgIpc) is 2.68. The lowest BCUT2D eigenvalue weighted by atomic mass is 10.0.